The normalized spacial score (nSPS) is 33.3. The smallest absolute Gasteiger partial charge is 0.326 e. The Bertz CT molecular complexity index is 623. The van der Waals surface area contributed by atoms with Gasteiger partial charge in [0.15, 0.2) is 0 Å². The van der Waals surface area contributed by atoms with Crippen LogP contribution in [0, 0.1) is 11.8 Å². The van der Waals surface area contributed by atoms with Crippen LogP contribution in [0.3, 0.4) is 0 Å². The molecule has 0 aromatic carbocycles. The average molecular weight is 381 g/mol. The molecule has 1 heterocycles. The fourth-order valence-corrected chi connectivity index (χ4v) is 4.79. The Kier molecular flexibility index (Phi) is 5.69. The summed E-state index contributed by atoms with van der Waals surface area (Å²) in [6.45, 7) is 0.798. The van der Waals surface area contributed by atoms with Crippen molar-refractivity contribution in [2.24, 2.45) is 11.8 Å². The lowest BCUT2D eigenvalue weighted by Crippen LogP contribution is -2.65. The Morgan fingerprint density at radius 1 is 1.07 bits per heavy atom. The Morgan fingerprint density at radius 3 is 2.33 bits per heavy atom. The fraction of sp³-hybridized carbons (Fsp3) is 0.778. The van der Waals surface area contributed by atoms with Crippen molar-refractivity contribution in [3.05, 3.63) is 0 Å². The molecular formula is C18H27N3O6. The van der Waals surface area contributed by atoms with Crippen LogP contribution in [0.25, 0.3) is 0 Å². The van der Waals surface area contributed by atoms with E-state index in [2.05, 4.69) is 16.0 Å². The summed E-state index contributed by atoms with van der Waals surface area (Å²) in [6, 6.07) is -1.72. The van der Waals surface area contributed by atoms with Crippen molar-refractivity contribution in [2.75, 3.05) is 6.54 Å². The van der Waals surface area contributed by atoms with E-state index >= 15 is 0 Å². The number of carboxylic acids is 2. The summed E-state index contributed by atoms with van der Waals surface area (Å²) < 4.78 is 0. The number of aliphatic carboxylic acids is 2. The summed E-state index contributed by atoms with van der Waals surface area (Å²) in [7, 11) is 0. The van der Waals surface area contributed by atoms with Gasteiger partial charge in [0.25, 0.3) is 0 Å². The highest BCUT2D eigenvalue weighted by Crippen LogP contribution is 2.48. The number of amides is 2. The second kappa shape index (κ2) is 7.84. The number of hydrogen-bond acceptors (Lipinski definition) is 5. The Balaban J connectivity index is 1.73. The fourth-order valence-electron chi connectivity index (χ4n) is 4.79. The predicted molar refractivity (Wildman–Crippen MR) is 93.8 cm³/mol. The lowest BCUT2D eigenvalue weighted by atomic mass is 9.59. The number of carbonyl (C=O) groups is 4. The van der Waals surface area contributed by atoms with Gasteiger partial charge >= 0.3 is 11.9 Å². The molecule has 150 valence electrons. The van der Waals surface area contributed by atoms with Gasteiger partial charge in [0.1, 0.15) is 6.04 Å². The predicted octanol–water partition coefficient (Wildman–Crippen LogP) is -0.152. The van der Waals surface area contributed by atoms with E-state index in [-0.39, 0.29) is 11.9 Å². The molecule has 5 N–H and O–H groups in total. The van der Waals surface area contributed by atoms with Crippen molar-refractivity contribution in [1.82, 2.24) is 16.0 Å². The minimum atomic E-state index is -1.47. The van der Waals surface area contributed by atoms with Gasteiger partial charge in [-0.3, -0.25) is 14.4 Å². The molecule has 4 rings (SSSR count). The molecule has 0 aromatic rings. The van der Waals surface area contributed by atoms with E-state index in [4.69, 9.17) is 5.11 Å². The number of nitrogens with one attached hydrogen (secondary N) is 3. The number of rotatable bonds is 7. The van der Waals surface area contributed by atoms with Crippen molar-refractivity contribution < 1.29 is 29.4 Å². The number of hydrogen-bond donors (Lipinski definition) is 5. The van der Waals surface area contributed by atoms with Gasteiger partial charge in [-0.2, -0.15) is 0 Å². The summed E-state index contributed by atoms with van der Waals surface area (Å²) in [4.78, 5) is 47.7. The van der Waals surface area contributed by atoms with Crippen molar-refractivity contribution >= 4 is 23.8 Å². The molecule has 9 nitrogen and oxygen atoms in total. The van der Waals surface area contributed by atoms with Gasteiger partial charge in [0.05, 0.1) is 23.9 Å². The first-order chi connectivity index (χ1) is 12.8. The third-order valence-corrected chi connectivity index (χ3v) is 6.29. The summed E-state index contributed by atoms with van der Waals surface area (Å²) in [5.74, 6) is -3.40. The van der Waals surface area contributed by atoms with Crippen LogP contribution in [0.15, 0.2) is 0 Å². The monoisotopic (exact) mass is 381 g/mol. The molecule has 2 bridgehead atoms. The molecule has 0 radical (unpaired) electrons. The topological polar surface area (TPSA) is 145 Å². The summed E-state index contributed by atoms with van der Waals surface area (Å²) >= 11 is 0. The van der Waals surface area contributed by atoms with Crippen LogP contribution in [-0.4, -0.2) is 58.1 Å². The molecule has 4 fully saturated rings. The van der Waals surface area contributed by atoms with Crippen LogP contribution in [-0.2, 0) is 19.2 Å². The SMILES string of the molecule is O=C(O)C[C@H](NC(=O)[C@H]1CC2CCC1(NC(=O)[C@@H]1CCCN1)CC2)C(=O)O. The second-order valence-corrected chi connectivity index (χ2v) is 8.02. The van der Waals surface area contributed by atoms with E-state index in [1.165, 1.54) is 0 Å². The van der Waals surface area contributed by atoms with E-state index < -0.39 is 41.8 Å². The number of carbonyl (C=O) groups excluding carboxylic acids is 2. The molecule has 0 spiro atoms. The van der Waals surface area contributed by atoms with Gasteiger partial charge < -0.3 is 26.2 Å². The maximum absolute atomic E-state index is 12.9. The van der Waals surface area contributed by atoms with Crippen LogP contribution < -0.4 is 16.0 Å². The van der Waals surface area contributed by atoms with Gasteiger partial charge in [0.2, 0.25) is 11.8 Å². The third-order valence-electron chi connectivity index (χ3n) is 6.29. The first kappa shape index (κ1) is 19.6. The molecule has 0 aromatic heterocycles. The summed E-state index contributed by atoms with van der Waals surface area (Å²) in [5, 5.41) is 26.7. The van der Waals surface area contributed by atoms with Crippen LogP contribution in [0.2, 0.25) is 0 Å². The molecule has 9 heteroatoms. The number of fused-ring (bicyclic) bond motifs is 3. The molecule has 3 atom stereocenters. The highest BCUT2D eigenvalue weighted by molar-refractivity contribution is 5.89. The molecule has 0 unspecified atom stereocenters. The van der Waals surface area contributed by atoms with E-state index in [9.17, 15) is 24.3 Å². The maximum Gasteiger partial charge on any atom is 0.326 e. The van der Waals surface area contributed by atoms with Crippen molar-refractivity contribution in [3.63, 3.8) is 0 Å². The maximum atomic E-state index is 12.9. The van der Waals surface area contributed by atoms with Crippen LogP contribution in [0.1, 0.15) is 51.4 Å². The van der Waals surface area contributed by atoms with Gasteiger partial charge in [-0.15, -0.1) is 0 Å². The lowest BCUT2D eigenvalue weighted by molar-refractivity contribution is -0.149. The van der Waals surface area contributed by atoms with Gasteiger partial charge in [-0.05, 0) is 57.4 Å². The Hall–Kier alpha value is -2.16. The van der Waals surface area contributed by atoms with Gasteiger partial charge in [-0.25, -0.2) is 4.79 Å². The number of carboxylic acid groups (broad SMARTS) is 2. The highest BCUT2D eigenvalue weighted by atomic mass is 16.4. The molecule has 3 aliphatic carbocycles. The molecule has 2 amide bonds. The van der Waals surface area contributed by atoms with E-state index in [1.807, 2.05) is 0 Å². The average Bonchev–Trinajstić information content (AvgIpc) is 3.16. The van der Waals surface area contributed by atoms with Crippen LogP contribution in [0.4, 0.5) is 0 Å². The molecule has 1 aliphatic heterocycles. The first-order valence-corrected chi connectivity index (χ1v) is 9.61. The highest BCUT2D eigenvalue weighted by Gasteiger charge is 2.52. The van der Waals surface area contributed by atoms with Gasteiger partial charge in [-0.1, -0.05) is 0 Å². The molecular weight excluding hydrogens is 354 g/mol. The van der Waals surface area contributed by atoms with E-state index in [0.29, 0.717) is 25.2 Å². The largest absolute Gasteiger partial charge is 0.481 e. The second-order valence-electron chi connectivity index (χ2n) is 8.02. The van der Waals surface area contributed by atoms with Gasteiger partial charge in [0, 0.05) is 0 Å². The molecule has 4 aliphatic rings. The summed E-state index contributed by atoms with van der Waals surface area (Å²) in [6.07, 6.45) is 4.84. The minimum absolute atomic E-state index is 0.106. The van der Waals surface area contributed by atoms with Crippen LogP contribution in [0.5, 0.6) is 0 Å². The zero-order valence-electron chi connectivity index (χ0n) is 15.2. The zero-order chi connectivity index (χ0) is 19.6. The molecule has 27 heavy (non-hydrogen) atoms. The van der Waals surface area contributed by atoms with Crippen molar-refractivity contribution in [1.29, 1.82) is 0 Å². The standard InChI is InChI=1S/C18H27N3O6/c22-14(23)9-13(17(26)27)20-15(24)11-8-10-3-5-18(11,6-4-10)21-16(25)12-2-1-7-19-12/h10-13,19H,1-9H2,(H,20,24)(H,21,25)(H,22,23)(H,26,27)/t10?,11-,12+,13+,18?/m1/s1. The molecule has 1 saturated heterocycles. The Labute approximate surface area is 157 Å². The van der Waals surface area contributed by atoms with Crippen molar-refractivity contribution in [3.8, 4) is 0 Å². The zero-order valence-corrected chi connectivity index (χ0v) is 15.2. The minimum Gasteiger partial charge on any atom is -0.481 e. The van der Waals surface area contributed by atoms with Crippen molar-refractivity contribution in [2.45, 2.75) is 69.0 Å². The van der Waals surface area contributed by atoms with E-state index in [0.717, 1.165) is 32.2 Å². The third kappa shape index (κ3) is 4.23. The van der Waals surface area contributed by atoms with E-state index in [1.54, 1.807) is 0 Å². The summed E-state index contributed by atoms with van der Waals surface area (Å²) in [5.41, 5.74) is -0.674. The lowest BCUT2D eigenvalue weighted by Gasteiger charge is -2.52. The Morgan fingerprint density at radius 2 is 1.78 bits per heavy atom. The first-order valence-electron chi connectivity index (χ1n) is 9.61. The molecule has 3 saturated carbocycles. The van der Waals surface area contributed by atoms with Crippen LogP contribution >= 0.6 is 0 Å². The quantitative estimate of drug-likeness (QED) is 0.412.